The number of rotatable bonds is 4. The zero-order chi connectivity index (χ0) is 18.0. The molecule has 1 N–H and O–H groups in total. The van der Waals surface area contributed by atoms with Crippen molar-refractivity contribution in [3.05, 3.63) is 34.3 Å². The van der Waals surface area contributed by atoms with E-state index in [0.29, 0.717) is 24.3 Å². The molecule has 0 aromatic carbocycles. The molecule has 0 aliphatic carbocycles. The Bertz CT molecular complexity index is 842. The lowest BCUT2D eigenvalue weighted by Gasteiger charge is -2.30. The number of hydrogen-bond donors (Lipinski definition) is 1. The first-order chi connectivity index (χ1) is 12.0. The maximum absolute atomic E-state index is 12.3. The molecular formula is C18H24N4O3. The van der Waals surface area contributed by atoms with E-state index in [4.69, 9.17) is 4.74 Å². The molecule has 0 spiro atoms. The Morgan fingerprint density at radius 2 is 2.12 bits per heavy atom. The van der Waals surface area contributed by atoms with Crippen LogP contribution in [-0.4, -0.2) is 51.9 Å². The van der Waals surface area contributed by atoms with Gasteiger partial charge in [-0.25, -0.2) is 4.68 Å². The largest absolute Gasteiger partial charge is 0.381 e. The van der Waals surface area contributed by atoms with E-state index < -0.39 is 0 Å². The van der Waals surface area contributed by atoms with Crippen LogP contribution in [0.4, 0.5) is 0 Å². The molecule has 25 heavy (non-hydrogen) atoms. The minimum atomic E-state index is -0.225. The molecule has 2 aromatic heterocycles. The number of carbonyl (C=O) groups is 1. The van der Waals surface area contributed by atoms with Crippen LogP contribution in [0.1, 0.15) is 38.3 Å². The number of pyridine rings is 1. The smallest absolute Gasteiger partial charge is 0.256 e. The molecule has 134 valence electrons. The van der Waals surface area contributed by atoms with Crippen LogP contribution in [0, 0.1) is 0 Å². The average Bonchev–Trinajstić information content (AvgIpc) is 3.02. The van der Waals surface area contributed by atoms with E-state index in [1.54, 1.807) is 35.0 Å². The Kier molecular flexibility index (Phi) is 5.03. The second-order valence-corrected chi connectivity index (χ2v) is 6.63. The fraction of sp³-hybridized carbons (Fsp3) is 0.500. The van der Waals surface area contributed by atoms with E-state index in [1.165, 1.54) is 6.08 Å². The number of nitrogens with zero attached hydrogens (tertiary/aromatic N) is 3. The summed E-state index contributed by atoms with van der Waals surface area (Å²) >= 11 is 0. The van der Waals surface area contributed by atoms with E-state index in [0.717, 1.165) is 18.2 Å². The molecule has 1 saturated heterocycles. The standard InChI is InChI=1S/C18H24N4O3/c1-12(2)22-17-14(11-19-22)10-13(18(24)20-17)4-5-16(23)21-8-6-15(25-3)7-9-21/h4-5,10-12,15H,6-9H2,1-3H3,(H,20,24)/b5-4+. The summed E-state index contributed by atoms with van der Waals surface area (Å²) in [6, 6.07) is 1.92. The first-order valence-electron chi connectivity index (χ1n) is 8.60. The van der Waals surface area contributed by atoms with Crippen molar-refractivity contribution in [3.8, 4) is 0 Å². The summed E-state index contributed by atoms with van der Waals surface area (Å²) < 4.78 is 7.09. The molecule has 3 rings (SSSR count). The summed E-state index contributed by atoms with van der Waals surface area (Å²) in [5.41, 5.74) is 0.929. The van der Waals surface area contributed by atoms with Gasteiger partial charge < -0.3 is 14.6 Å². The molecule has 1 aliphatic rings. The number of carbonyl (C=O) groups excluding carboxylic acids is 1. The van der Waals surface area contributed by atoms with Gasteiger partial charge in [0.05, 0.1) is 12.3 Å². The maximum atomic E-state index is 12.3. The molecule has 1 aliphatic heterocycles. The number of hydrogen-bond acceptors (Lipinski definition) is 4. The maximum Gasteiger partial charge on any atom is 0.256 e. The van der Waals surface area contributed by atoms with Gasteiger partial charge in [0.2, 0.25) is 5.91 Å². The van der Waals surface area contributed by atoms with Crippen molar-refractivity contribution < 1.29 is 9.53 Å². The lowest BCUT2D eigenvalue weighted by molar-refractivity contribution is -0.128. The van der Waals surface area contributed by atoms with Gasteiger partial charge in [-0.15, -0.1) is 0 Å². The van der Waals surface area contributed by atoms with Gasteiger partial charge in [0, 0.05) is 43.3 Å². The Labute approximate surface area is 146 Å². The SMILES string of the molecule is COC1CCN(C(=O)/C=C/c2cc3cnn(C(C)C)c3[nH]c2=O)CC1. The third-order valence-electron chi connectivity index (χ3n) is 4.61. The van der Waals surface area contributed by atoms with Gasteiger partial charge in [-0.2, -0.15) is 5.10 Å². The number of fused-ring (bicyclic) bond motifs is 1. The van der Waals surface area contributed by atoms with Crippen molar-refractivity contribution in [1.82, 2.24) is 19.7 Å². The van der Waals surface area contributed by atoms with Gasteiger partial charge in [0.25, 0.3) is 5.56 Å². The number of amides is 1. The number of methoxy groups -OCH3 is 1. The quantitative estimate of drug-likeness (QED) is 0.860. The van der Waals surface area contributed by atoms with Gasteiger partial charge in [0.15, 0.2) is 0 Å². The predicted molar refractivity (Wildman–Crippen MR) is 96.4 cm³/mol. The van der Waals surface area contributed by atoms with Crippen LogP contribution in [0.15, 0.2) is 23.1 Å². The lowest BCUT2D eigenvalue weighted by Crippen LogP contribution is -2.39. The number of aromatic amines is 1. The molecule has 0 atom stereocenters. The highest BCUT2D eigenvalue weighted by Crippen LogP contribution is 2.16. The van der Waals surface area contributed by atoms with Crippen molar-refractivity contribution >= 4 is 23.0 Å². The number of nitrogens with one attached hydrogen (secondary N) is 1. The monoisotopic (exact) mass is 344 g/mol. The normalized spacial score (nSPS) is 16.4. The first-order valence-corrected chi connectivity index (χ1v) is 8.60. The molecule has 1 fully saturated rings. The Hall–Kier alpha value is -2.41. The fourth-order valence-electron chi connectivity index (χ4n) is 3.12. The highest BCUT2D eigenvalue weighted by Gasteiger charge is 2.21. The van der Waals surface area contributed by atoms with Crippen molar-refractivity contribution in [2.24, 2.45) is 0 Å². The van der Waals surface area contributed by atoms with Crippen molar-refractivity contribution in [3.63, 3.8) is 0 Å². The van der Waals surface area contributed by atoms with Crippen LogP contribution in [0.3, 0.4) is 0 Å². The third-order valence-corrected chi connectivity index (χ3v) is 4.61. The summed E-state index contributed by atoms with van der Waals surface area (Å²) in [7, 11) is 1.70. The molecule has 1 amide bonds. The van der Waals surface area contributed by atoms with E-state index in [9.17, 15) is 9.59 Å². The Morgan fingerprint density at radius 1 is 1.40 bits per heavy atom. The zero-order valence-corrected chi connectivity index (χ0v) is 14.9. The summed E-state index contributed by atoms with van der Waals surface area (Å²) in [6.07, 6.45) is 6.69. The van der Waals surface area contributed by atoms with E-state index in [-0.39, 0.29) is 23.6 Å². The molecular weight excluding hydrogens is 320 g/mol. The second kappa shape index (κ2) is 7.23. The van der Waals surface area contributed by atoms with Crippen molar-refractivity contribution in [2.75, 3.05) is 20.2 Å². The Morgan fingerprint density at radius 3 is 2.76 bits per heavy atom. The van der Waals surface area contributed by atoms with Crippen LogP contribution in [0.25, 0.3) is 17.1 Å². The molecule has 0 bridgehead atoms. The van der Waals surface area contributed by atoms with Gasteiger partial charge in [0.1, 0.15) is 5.65 Å². The molecule has 2 aromatic rings. The highest BCUT2D eigenvalue weighted by molar-refractivity contribution is 5.92. The summed E-state index contributed by atoms with van der Waals surface area (Å²) in [6.45, 7) is 5.37. The number of H-pyrrole nitrogens is 1. The van der Waals surface area contributed by atoms with Crippen LogP contribution >= 0.6 is 0 Å². The van der Waals surface area contributed by atoms with Crippen molar-refractivity contribution in [1.29, 1.82) is 0 Å². The zero-order valence-electron chi connectivity index (χ0n) is 14.9. The van der Waals surface area contributed by atoms with E-state index in [1.807, 2.05) is 13.8 Å². The molecule has 0 saturated carbocycles. The molecule has 7 nitrogen and oxygen atoms in total. The summed E-state index contributed by atoms with van der Waals surface area (Å²) in [5.74, 6) is -0.0769. The molecule has 7 heteroatoms. The van der Waals surface area contributed by atoms with E-state index in [2.05, 4.69) is 10.1 Å². The summed E-state index contributed by atoms with van der Waals surface area (Å²) in [4.78, 5) is 29.2. The lowest BCUT2D eigenvalue weighted by atomic mass is 10.1. The van der Waals surface area contributed by atoms with Crippen LogP contribution in [-0.2, 0) is 9.53 Å². The minimum Gasteiger partial charge on any atom is -0.381 e. The van der Waals surface area contributed by atoms with Gasteiger partial charge in [-0.3, -0.25) is 9.59 Å². The number of piperidine rings is 1. The van der Waals surface area contributed by atoms with Crippen molar-refractivity contribution in [2.45, 2.75) is 38.8 Å². The van der Waals surface area contributed by atoms with Crippen LogP contribution in [0.5, 0.6) is 0 Å². The molecule has 0 radical (unpaired) electrons. The highest BCUT2D eigenvalue weighted by atomic mass is 16.5. The van der Waals surface area contributed by atoms with Gasteiger partial charge in [-0.1, -0.05) is 0 Å². The van der Waals surface area contributed by atoms with E-state index >= 15 is 0 Å². The average molecular weight is 344 g/mol. The molecule has 3 heterocycles. The Balaban J connectivity index is 1.76. The second-order valence-electron chi connectivity index (χ2n) is 6.63. The third kappa shape index (κ3) is 3.66. The van der Waals surface area contributed by atoms with Gasteiger partial charge in [-0.05, 0) is 38.8 Å². The van der Waals surface area contributed by atoms with Gasteiger partial charge >= 0.3 is 0 Å². The first kappa shape index (κ1) is 17.4. The topological polar surface area (TPSA) is 80.2 Å². The minimum absolute atomic E-state index is 0.0769. The van der Waals surface area contributed by atoms with Crippen LogP contribution in [0.2, 0.25) is 0 Å². The fourth-order valence-corrected chi connectivity index (χ4v) is 3.12. The number of likely N-dealkylation sites (tertiary alicyclic amines) is 1. The number of ether oxygens (including phenoxy) is 1. The van der Waals surface area contributed by atoms with Crippen LogP contribution < -0.4 is 5.56 Å². The summed E-state index contributed by atoms with van der Waals surface area (Å²) in [5, 5.41) is 5.14. The number of aromatic nitrogens is 3. The predicted octanol–water partition coefficient (Wildman–Crippen LogP) is 1.96. The molecule has 0 unspecified atom stereocenters.